The van der Waals surface area contributed by atoms with Crippen LogP contribution in [0.5, 0.6) is 0 Å². The minimum atomic E-state index is 0.00740. The Morgan fingerprint density at radius 2 is 2.19 bits per heavy atom. The van der Waals surface area contributed by atoms with Crippen molar-refractivity contribution < 1.29 is 4.74 Å². The van der Waals surface area contributed by atoms with E-state index in [2.05, 4.69) is 12.0 Å². The smallest absolute Gasteiger partial charge is 0.345 e. The van der Waals surface area contributed by atoms with Crippen molar-refractivity contribution in [3.05, 3.63) is 16.3 Å². The second kappa shape index (κ2) is 4.82. The number of hydrogen-bond donors (Lipinski definition) is 0. The molecule has 0 saturated heterocycles. The Balaban J connectivity index is 2.02. The molecule has 1 heterocycles. The summed E-state index contributed by atoms with van der Waals surface area (Å²) in [7, 11) is 1.71. The number of nitrogens with zero attached hydrogens (tertiary/aromatic N) is 3. The molecule has 0 bridgehead atoms. The molecule has 90 valence electrons. The minimum absolute atomic E-state index is 0.00740. The Labute approximate surface area is 95.0 Å². The summed E-state index contributed by atoms with van der Waals surface area (Å²) in [5.41, 5.74) is 0.00740. The van der Waals surface area contributed by atoms with Crippen LogP contribution in [0.4, 0.5) is 0 Å². The van der Waals surface area contributed by atoms with Gasteiger partial charge in [0, 0.05) is 26.1 Å². The molecule has 0 spiro atoms. The normalized spacial score (nSPS) is 15.6. The highest BCUT2D eigenvalue weighted by atomic mass is 16.5. The molecule has 1 aromatic heterocycles. The summed E-state index contributed by atoms with van der Waals surface area (Å²) in [6.07, 6.45) is 3.97. The first-order valence-electron chi connectivity index (χ1n) is 5.96. The average molecular weight is 225 g/mol. The molecule has 0 unspecified atom stereocenters. The lowest BCUT2D eigenvalue weighted by Gasteiger charge is -2.03. The van der Waals surface area contributed by atoms with Gasteiger partial charge in [-0.05, 0) is 19.3 Å². The van der Waals surface area contributed by atoms with Gasteiger partial charge in [0.2, 0.25) is 0 Å². The molecule has 0 aromatic carbocycles. The van der Waals surface area contributed by atoms with E-state index in [1.54, 1.807) is 7.05 Å². The van der Waals surface area contributed by atoms with Crippen molar-refractivity contribution >= 4 is 0 Å². The van der Waals surface area contributed by atoms with Gasteiger partial charge in [-0.1, -0.05) is 6.92 Å². The Kier molecular flexibility index (Phi) is 3.43. The van der Waals surface area contributed by atoms with E-state index in [1.807, 2.05) is 4.57 Å². The van der Waals surface area contributed by atoms with Crippen LogP contribution in [-0.2, 0) is 18.2 Å². The molecule has 0 amide bonds. The van der Waals surface area contributed by atoms with Gasteiger partial charge < -0.3 is 4.74 Å². The fraction of sp³-hybridized carbons (Fsp3) is 0.818. The zero-order valence-corrected chi connectivity index (χ0v) is 9.98. The predicted molar refractivity (Wildman–Crippen MR) is 60.6 cm³/mol. The molecule has 0 aliphatic heterocycles. The van der Waals surface area contributed by atoms with Crippen molar-refractivity contribution in [3.8, 4) is 0 Å². The number of aryl methyl sites for hydroxylation is 1. The van der Waals surface area contributed by atoms with E-state index in [4.69, 9.17) is 4.74 Å². The van der Waals surface area contributed by atoms with Crippen molar-refractivity contribution in [2.45, 2.75) is 38.6 Å². The molecular formula is C11H19N3O2. The third-order valence-electron chi connectivity index (χ3n) is 2.76. The van der Waals surface area contributed by atoms with E-state index in [1.165, 1.54) is 4.68 Å². The van der Waals surface area contributed by atoms with Gasteiger partial charge in [0.15, 0.2) is 0 Å². The first-order chi connectivity index (χ1) is 7.74. The van der Waals surface area contributed by atoms with Gasteiger partial charge in [-0.15, -0.1) is 0 Å². The molecule has 1 aromatic rings. The lowest BCUT2D eigenvalue weighted by atomic mass is 10.4. The van der Waals surface area contributed by atoms with Crippen molar-refractivity contribution in [1.29, 1.82) is 0 Å². The summed E-state index contributed by atoms with van der Waals surface area (Å²) in [4.78, 5) is 11.8. The molecule has 1 aliphatic carbocycles. The summed E-state index contributed by atoms with van der Waals surface area (Å²) in [6.45, 7) is 3.51. The topological polar surface area (TPSA) is 49.1 Å². The molecule has 5 heteroatoms. The van der Waals surface area contributed by atoms with Crippen molar-refractivity contribution in [1.82, 2.24) is 14.3 Å². The average Bonchev–Trinajstić information content (AvgIpc) is 3.04. The molecule has 16 heavy (non-hydrogen) atoms. The fourth-order valence-corrected chi connectivity index (χ4v) is 1.81. The van der Waals surface area contributed by atoms with Gasteiger partial charge in [-0.3, -0.25) is 4.57 Å². The summed E-state index contributed by atoms with van der Waals surface area (Å²) in [5.74, 6) is 0.867. The molecule has 1 saturated carbocycles. The molecule has 2 rings (SSSR count). The first-order valence-corrected chi connectivity index (χ1v) is 5.96. The minimum Gasteiger partial charge on any atom is -0.381 e. The number of hydrogen-bond acceptors (Lipinski definition) is 3. The zero-order valence-electron chi connectivity index (χ0n) is 9.98. The quantitative estimate of drug-likeness (QED) is 0.675. The maximum Gasteiger partial charge on any atom is 0.345 e. The van der Waals surface area contributed by atoms with Crippen LogP contribution in [0.15, 0.2) is 4.79 Å². The highest BCUT2D eigenvalue weighted by molar-refractivity contribution is 4.96. The Hall–Kier alpha value is -1.10. The summed E-state index contributed by atoms with van der Waals surface area (Å²) in [6, 6.07) is 0.391. The zero-order chi connectivity index (χ0) is 11.5. The number of ether oxygens (including phenoxy) is 1. The second-order valence-corrected chi connectivity index (χ2v) is 4.29. The van der Waals surface area contributed by atoms with Gasteiger partial charge in [0.05, 0.1) is 6.61 Å². The monoisotopic (exact) mass is 225 g/mol. The van der Waals surface area contributed by atoms with Crippen LogP contribution in [0.2, 0.25) is 0 Å². The fourth-order valence-electron chi connectivity index (χ4n) is 1.81. The van der Waals surface area contributed by atoms with Crippen LogP contribution in [0.1, 0.15) is 38.1 Å². The van der Waals surface area contributed by atoms with Gasteiger partial charge >= 0.3 is 5.69 Å². The highest BCUT2D eigenvalue weighted by Gasteiger charge is 2.28. The highest BCUT2D eigenvalue weighted by Crippen LogP contribution is 2.34. The lowest BCUT2D eigenvalue weighted by molar-refractivity contribution is 0.136. The number of rotatable bonds is 6. The number of aromatic nitrogens is 3. The van der Waals surface area contributed by atoms with E-state index in [9.17, 15) is 4.79 Å². The van der Waals surface area contributed by atoms with Gasteiger partial charge in [0.25, 0.3) is 0 Å². The molecule has 1 aliphatic rings. The van der Waals surface area contributed by atoms with E-state index in [0.29, 0.717) is 12.6 Å². The van der Waals surface area contributed by atoms with Crippen LogP contribution in [-0.4, -0.2) is 27.6 Å². The molecule has 5 nitrogen and oxygen atoms in total. The first kappa shape index (κ1) is 11.4. The lowest BCUT2D eigenvalue weighted by Crippen LogP contribution is -2.23. The van der Waals surface area contributed by atoms with Crippen LogP contribution in [0, 0.1) is 0 Å². The molecule has 0 N–H and O–H groups in total. The van der Waals surface area contributed by atoms with Crippen molar-refractivity contribution in [3.63, 3.8) is 0 Å². The van der Waals surface area contributed by atoms with Crippen LogP contribution in [0.3, 0.4) is 0 Å². The third kappa shape index (κ3) is 2.35. The summed E-state index contributed by atoms with van der Waals surface area (Å²) >= 11 is 0. The Morgan fingerprint density at radius 3 is 2.81 bits per heavy atom. The third-order valence-corrected chi connectivity index (χ3v) is 2.76. The van der Waals surface area contributed by atoms with Gasteiger partial charge in [-0.25, -0.2) is 9.48 Å². The van der Waals surface area contributed by atoms with Gasteiger partial charge in [-0.2, -0.15) is 5.10 Å². The molecule has 0 radical (unpaired) electrons. The van der Waals surface area contributed by atoms with Crippen LogP contribution < -0.4 is 5.69 Å². The van der Waals surface area contributed by atoms with Crippen molar-refractivity contribution in [2.24, 2.45) is 7.05 Å². The SMILES string of the molecule is CCCOCCc1nn(C)c(=O)n1C1CC1. The predicted octanol–water partition coefficient (Wildman–Crippen LogP) is 0.886. The van der Waals surface area contributed by atoms with E-state index >= 15 is 0 Å². The summed E-state index contributed by atoms with van der Waals surface area (Å²) < 4.78 is 8.68. The van der Waals surface area contributed by atoms with Crippen LogP contribution >= 0.6 is 0 Å². The van der Waals surface area contributed by atoms with Gasteiger partial charge in [0.1, 0.15) is 5.82 Å². The Bertz CT molecular complexity index is 404. The maximum atomic E-state index is 11.8. The molecule has 1 fully saturated rings. The Morgan fingerprint density at radius 1 is 1.44 bits per heavy atom. The summed E-state index contributed by atoms with van der Waals surface area (Å²) in [5, 5.41) is 4.26. The van der Waals surface area contributed by atoms with E-state index < -0.39 is 0 Å². The second-order valence-electron chi connectivity index (χ2n) is 4.29. The molecular weight excluding hydrogens is 206 g/mol. The standard InChI is InChI=1S/C11H19N3O2/c1-3-7-16-8-6-10-12-13(2)11(15)14(10)9-4-5-9/h9H,3-8H2,1-2H3. The van der Waals surface area contributed by atoms with Crippen molar-refractivity contribution in [2.75, 3.05) is 13.2 Å². The largest absolute Gasteiger partial charge is 0.381 e. The molecule has 0 atom stereocenters. The maximum absolute atomic E-state index is 11.8. The van der Waals surface area contributed by atoms with Crippen LogP contribution in [0.25, 0.3) is 0 Å². The van der Waals surface area contributed by atoms with E-state index in [-0.39, 0.29) is 5.69 Å². The van der Waals surface area contributed by atoms with E-state index in [0.717, 1.165) is 38.1 Å².